The Morgan fingerprint density at radius 1 is 1.62 bits per heavy atom. The maximum atomic E-state index is 13.4. The van der Waals surface area contributed by atoms with Crippen molar-refractivity contribution in [3.63, 3.8) is 0 Å². The van der Waals surface area contributed by atoms with Gasteiger partial charge in [-0.2, -0.15) is 0 Å². The summed E-state index contributed by atoms with van der Waals surface area (Å²) in [5.74, 6) is -0.451. The molecule has 0 spiro atoms. The van der Waals surface area contributed by atoms with Gasteiger partial charge in [0, 0.05) is 6.07 Å². The Bertz CT molecular complexity index is 614. The summed E-state index contributed by atoms with van der Waals surface area (Å²) in [6.45, 7) is 5.64. The lowest BCUT2D eigenvalue weighted by Gasteiger charge is -2.09. The van der Waals surface area contributed by atoms with E-state index in [1.165, 1.54) is 12.1 Å². The zero-order valence-electron chi connectivity index (χ0n) is 8.63. The summed E-state index contributed by atoms with van der Waals surface area (Å²) in [5, 5.41) is 0.0853. The van der Waals surface area contributed by atoms with Crippen LogP contribution < -0.4 is 0 Å². The molecule has 5 heteroatoms. The standard InChI is InChI=1S/C11H10ClFN2S/c1-3-6(2)15-10-5-8(13)7(12)4-9(10)14-11(15)16/h3-6H,1H2,2H3,(H,14,16). The van der Waals surface area contributed by atoms with Crippen molar-refractivity contribution in [2.45, 2.75) is 13.0 Å². The maximum Gasteiger partial charge on any atom is 0.178 e. The van der Waals surface area contributed by atoms with Gasteiger partial charge in [-0.1, -0.05) is 17.7 Å². The molecule has 0 aliphatic carbocycles. The summed E-state index contributed by atoms with van der Waals surface area (Å²) in [6.07, 6.45) is 1.75. The molecular weight excluding hydrogens is 247 g/mol. The van der Waals surface area contributed by atoms with Crippen LogP contribution in [0.5, 0.6) is 0 Å². The fourth-order valence-electron chi connectivity index (χ4n) is 1.63. The first-order valence-corrected chi connectivity index (χ1v) is 5.55. The van der Waals surface area contributed by atoms with Crippen molar-refractivity contribution >= 4 is 34.9 Å². The van der Waals surface area contributed by atoms with Crippen molar-refractivity contribution in [3.8, 4) is 0 Å². The second-order valence-corrected chi connectivity index (χ2v) is 4.35. The number of nitrogens with one attached hydrogen (secondary N) is 1. The van der Waals surface area contributed by atoms with Crippen molar-refractivity contribution in [2.24, 2.45) is 0 Å². The summed E-state index contributed by atoms with van der Waals surface area (Å²) in [5.41, 5.74) is 1.42. The van der Waals surface area contributed by atoms with Gasteiger partial charge in [-0.3, -0.25) is 0 Å². The Labute approximate surface area is 102 Å². The number of imidazole rings is 1. The van der Waals surface area contributed by atoms with E-state index < -0.39 is 5.82 Å². The van der Waals surface area contributed by atoms with Crippen molar-refractivity contribution < 1.29 is 4.39 Å². The van der Waals surface area contributed by atoms with Gasteiger partial charge in [0.25, 0.3) is 0 Å². The largest absolute Gasteiger partial charge is 0.331 e. The van der Waals surface area contributed by atoms with Gasteiger partial charge >= 0.3 is 0 Å². The van der Waals surface area contributed by atoms with E-state index in [-0.39, 0.29) is 11.1 Å². The van der Waals surface area contributed by atoms with Crippen LogP contribution in [0.25, 0.3) is 11.0 Å². The summed E-state index contributed by atoms with van der Waals surface area (Å²) in [7, 11) is 0. The van der Waals surface area contributed by atoms with Crippen LogP contribution in [0.2, 0.25) is 5.02 Å². The molecule has 2 aromatic rings. The average Bonchev–Trinajstić information content (AvgIpc) is 2.54. The maximum absolute atomic E-state index is 13.4. The van der Waals surface area contributed by atoms with E-state index in [9.17, 15) is 4.39 Å². The van der Waals surface area contributed by atoms with E-state index in [0.717, 1.165) is 5.52 Å². The van der Waals surface area contributed by atoms with Crippen molar-refractivity contribution in [3.05, 3.63) is 40.4 Å². The summed E-state index contributed by atoms with van der Waals surface area (Å²) in [4.78, 5) is 2.99. The van der Waals surface area contributed by atoms with Crippen LogP contribution in [0.3, 0.4) is 0 Å². The molecule has 0 saturated carbocycles. The number of aromatic nitrogens is 2. The van der Waals surface area contributed by atoms with Crippen LogP contribution in [-0.2, 0) is 0 Å². The normalized spacial score (nSPS) is 12.9. The lowest BCUT2D eigenvalue weighted by Crippen LogP contribution is -2.01. The minimum atomic E-state index is -0.451. The molecule has 1 aromatic heterocycles. The number of halogens is 2. The third-order valence-electron chi connectivity index (χ3n) is 2.51. The molecule has 1 N–H and O–H groups in total. The number of nitrogens with zero attached hydrogens (tertiary/aromatic N) is 1. The molecule has 0 saturated heterocycles. The molecular formula is C11H10ClFN2S. The molecule has 1 aromatic carbocycles. The number of allylic oxidation sites excluding steroid dienone is 1. The molecule has 0 amide bonds. The summed E-state index contributed by atoms with van der Waals surface area (Å²) >= 11 is 10.9. The van der Waals surface area contributed by atoms with E-state index in [1.807, 2.05) is 6.92 Å². The third kappa shape index (κ3) is 1.68. The smallest absolute Gasteiger partial charge is 0.178 e. The molecule has 2 rings (SSSR count). The summed E-state index contributed by atoms with van der Waals surface area (Å²) < 4.78 is 15.7. The van der Waals surface area contributed by atoms with Crippen LogP contribution in [0, 0.1) is 10.6 Å². The number of fused-ring (bicyclic) bond motifs is 1. The molecule has 0 aliphatic rings. The van der Waals surface area contributed by atoms with Gasteiger partial charge in [0.1, 0.15) is 5.82 Å². The molecule has 1 unspecified atom stereocenters. The van der Waals surface area contributed by atoms with E-state index in [4.69, 9.17) is 23.8 Å². The van der Waals surface area contributed by atoms with Crippen LogP contribution in [0.1, 0.15) is 13.0 Å². The van der Waals surface area contributed by atoms with Gasteiger partial charge in [-0.25, -0.2) is 4.39 Å². The van der Waals surface area contributed by atoms with Crippen molar-refractivity contribution in [1.82, 2.24) is 9.55 Å². The van der Waals surface area contributed by atoms with Gasteiger partial charge in [0.05, 0.1) is 22.1 Å². The molecule has 1 heterocycles. The number of hydrogen-bond donors (Lipinski definition) is 1. The van der Waals surface area contributed by atoms with E-state index in [0.29, 0.717) is 10.3 Å². The fourth-order valence-corrected chi connectivity index (χ4v) is 2.17. The highest BCUT2D eigenvalue weighted by atomic mass is 35.5. The molecule has 0 fully saturated rings. The van der Waals surface area contributed by atoms with Crippen molar-refractivity contribution in [2.75, 3.05) is 0 Å². The summed E-state index contributed by atoms with van der Waals surface area (Å²) in [6, 6.07) is 2.92. The second kappa shape index (κ2) is 4.03. The minimum absolute atomic E-state index is 0.00169. The van der Waals surface area contributed by atoms with Crippen LogP contribution in [0.4, 0.5) is 4.39 Å². The van der Waals surface area contributed by atoms with E-state index >= 15 is 0 Å². The van der Waals surface area contributed by atoms with Crippen LogP contribution in [-0.4, -0.2) is 9.55 Å². The number of benzene rings is 1. The fraction of sp³-hybridized carbons (Fsp3) is 0.182. The predicted molar refractivity (Wildman–Crippen MR) is 67.0 cm³/mol. The number of aromatic amines is 1. The first kappa shape index (κ1) is 11.4. The first-order chi connectivity index (χ1) is 7.54. The second-order valence-electron chi connectivity index (χ2n) is 3.56. The molecule has 0 aliphatic heterocycles. The lowest BCUT2D eigenvalue weighted by molar-refractivity contribution is 0.625. The lowest BCUT2D eigenvalue weighted by atomic mass is 10.2. The van der Waals surface area contributed by atoms with Crippen molar-refractivity contribution in [1.29, 1.82) is 0 Å². The Kier molecular flexibility index (Phi) is 2.86. The van der Waals surface area contributed by atoms with E-state index in [2.05, 4.69) is 11.6 Å². The van der Waals surface area contributed by atoms with Gasteiger partial charge in [0.2, 0.25) is 0 Å². The SMILES string of the molecule is C=CC(C)n1c(=S)[nH]c2cc(Cl)c(F)cc21. The van der Waals surface area contributed by atoms with Crippen LogP contribution in [0.15, 0.2) is 24.8 Å². The monoisotopic (exact) mass is 256 g/mol. The van der Waals surface area contributed by atoms with Gasteiger partial charge < -0.3 is 9.55 Å². The Hall–Kier alpha value is -1.13. The third-order valence-corrected chi connectivity index (χ3v) is 3.10. The molecule has 2 nitrogen and oxygen atoms in total. The van der Waals surface area contributed by atoms with Gasteiger partial charge in [-0.15, -0.1) is 6.58 Å². The first-order valence-electron chi connectivity index (χ1n) is 4.76. The number of rotatable bonds is 2. The number of hydrogen-bond acceptors (Lipinski definition) is 1. The highest BCUT2D eigenvalue weighted by Crippen LogP contribution is 2.25. The van der Waals surface area contributed by atoms with E-state index in [1.54, 1.807) is 10.6 Å². The molecule has 0 radical (unpaired) electrons. The van der Waals surface area contributed by atoms with Gasteiger partial charge in [-0.05, 0) is 25.2 Å². The highest BCUT2D eigenvalue weighted by molar-refractivity contribution is 7.71. The van der Waals surface area contributed by atoms with Gasteiger partial charge in [0.15, 0.2) is 4.77 Å². The predicted octanol–water partition coefficient (Wildman–Crippen LogP) is 4.24. The molecule has 1 atom stereocenters. The zero-order chi connectivity index (χ0) is 11.9. The Morgan fingerprint density at radius 2 is 2.31 bits per heavy atom. The topological polar surface area (TPSA) is 20.7 Å². The Balaban J connectivity index is 2.84. The molecule has 0 bridgehead atoms. The quantitative estimate of drug-likeness (QED) is 0.630. The molecule has 16 heavy (non-hydrogen) atoms. The van der Waals surface area contributed by atoms with Crippen LogP contribution >= 0.6 is 23.8 Å². The zero-order valence-corrected chi connectivity index (χ0v) is 10.2. The highest BCUT2D eigenvalue weighted by Gasteiger charge is 2.11. The minimum Gasteiger partial charge on any atom is -0.331 e. The number of H-pyrrole nitrogens is 1. The molecule has 84 valence electrons. The average molecular weight is 257 g/mol. The Morgan fingerprint density at radius 3 is 2.94 bits per heavy atom.